The van der Waals surface area contributed by atoms with E-state index in [-0.39, 0.29) is 17.9 Å². The highest BCUT2D eigenvalue weighted by atomic mass is 79.9. The molecule has 2 aromatic heterocycles. The molecule has 0 amide bonds. The molecule has 4 rings (SSSR count). The van der Waals surface area contributed by atoms with Gasteiger partial charge in [0.2, 0.25) is 0 Å². The predicted molar refractivity (Wildman–Crippen MR) is 135 cm³/mol. The highest BCUT2D eigenvalue weighted by Crippen LogP contribution is 2.41. The van der Waals surface area contributed by atoms with Crippen LogP contribution < -0.4 is 0 Å². The van der Waals surface area contributed by atoms with Crippen molar-refractivity contribution in [2.75, 3.05) is 32.9 Å². The molecule has 0 aliphatic carbocycles. The van der Waals surface area contributed by atoms with Crippen LogP contribution >= 0.6 is 27.7 Å². The van der Waals surface area contributed by atoms with Gasteiger partial charge in [0, 0.05) is 55.3 Å². The van der Waals surface area contributed by atoms with Crippen LogP contribution in [0.3, 0.4) is 0 Å². The van der Waals surface area contributed by atoms with E-state index in [9.17, 15) is 14.7 Å². The van der Waals surface area contributed by atoms with Gasteiger partial charge in [-0.25, -0.2) is 14.6 Å². The van der Waals surface area contributed by atoms with Crippen molar-refractivity contribution in [2.24, 2.45) is 7.05 Å². The maximum Gasteiger partial charge on any atom is 0.516 e. The van der Waals surface area contributed by atoms with E-state index in [4.69, 9.17) is 14.2 Å². The number of thioether (sulfide) groups is 1. The average molecular weight is 564 g/mol. The van der Waals surface area contributed by atoms with Gasteiger partial charge >= 0.3 is 12.1 Å². The Bertz CT molecular complexity index is 1230. The first-order chi connectivity index (χ1) is 16.9. The number of fused-ring (bicyclic) bond motifs is 1. The molecule has 0 bridgehead atoms. The molecule has 0 saturated carbocycles. The summed E-state index contributed by atoms with van der Waals surface area (Å²) in [4.78, 5) is 31.9. The number of nitrogens with zero attached hydrogens (tertiary/aromatic N) is 3. The van der Waals surface area contributed by atoms with Gasteiger partial charge in [-0.3, -0.25) is 4.90 Å². The number of benzene rings is 1. The van der Waals surface area contributed by atoms with E-state index in [1.165, 1.54) is 11.8 Å². The number of pyridine rings is 1. The van der Waals surface area contributed by atoms with Crippen LogP contribution in [-0.2, 0) is 33.6 Å². The number of morpholine rings is 1. The molecule has 35 heavy (non-hydrogen) atoms. The monoisotopic (exact) mass is 563 g/mol. The van der Waals surface area contributed by atoms with Crippen molar-refractivity contribution in [3.05, 3.63) is 51.8 Å². The third kappa shape index (κ3) is 5.64. The summed E-state index contributed by atoms with van der Waals surface area (Å²) in [5.74, 6) is -0.385. The smallest absolute Gasteiger partial charge is 0.506 e. The van der Waals surface area contributed by atoms with Gasteiger partial charge < -0.3 is 23.9 Å². The first-order valence-electron chi connectivity index (χ1n) is 11.1. The number of hydrogen-bond donors (Lipinski definition) is 1. The SMILES string of the molecule is CCOC(=O)OC(=O)c1c(CSc2ccccn2)n(C)c2cc(Br)c(O)c(CN3CCOCC3)c12. The maximum absolute atomic E-state index is 13.3. The van der Waals surface area contributed by atoms with Gasteiger partial charge in [0.1, 0.15) is 5.75 Å². The van der Waals surface area contributed by atoms with E-state index in [0.717, 1.165) is 10.5 Å². The standard InChI is InChI=1S/C24H26BrN3O6S/c1-3-33-24(31)34-23(30)21-18(14-35-19-6-4-5-7-26-19)27(2)17-12-16(25)22(29)15(20(17)21)13-28-8-10-32-11-9-28/h4-7,12,29H,3,8-11,13-14H2,1-2H3. The van der Waals surface area contributed by atoms with Gasteiger partial charge in [0.15, 0.2) is 0 Å². The summed E-state index contributed by atoms with van der Waals surface area (Å²) in [6, 6.07) is 7.38. The minimum atomic E-state index is -1.06. The van der Waals surface area contributed by atoms with Gasteiger partial charge in [0.25, 0.3) is 0 Å². The topological polar surface area (TPSA) is 103 Å². The number of halogens is 1. The highest BCUT2D eigenvalue weighted by Gasteiger charge is 2.30. The summed E-state index contributed by atoms with van der Waals surface area (Å²) in [7, 11) is 1.85. The molecular formula is C24H26BrN3O6S. The zero-order valence-corrected chi connectivity index (χ0v) is 21.9. The molecule has 0 atom stereocenters. The van der Waals surface area contributed by atoms with Crippen LogP contribution in [0.4, 0.5) is 4.79 Å². The first kappa shape index (κ1) is 25.5. The molecule has 1 saturated heterocycles. The number of hydrogen-bond acceptors (Lipinski definition) is 9. The Kier molecular flexibility index (Phi) is 8.32. The van der Waals surface area contributed by atoms with Crippen LogP contribution in [0, 0.1) is 0 Å². The quantitative estimate of drug-likeness (QED) is 0.253. The van der Waals surface area contributed by atoms with Crippen molar-refractivity contribution >= 4 is 50.7 Å². The molecule has 0 radical (unpaired) electrons. The van der Waals surface area contributed by atoms with Crippen molar-refractivity contribution in [1.29, 1.82) is 0 Å². The lowest BCUT2D eigenvalue weighted by Crippen LogP contribution is -2.35. The number of esters is 1. The molecule has 0 unspecified atom stereocenters. The zero-order valence-electron chi connectivity index (χ0n) is 19.5. The number of aromatic nitrogens is 2. The minimum Gasteiger partial charge on any atom is -0.506 e. The fraction of sp³-hybridized carbons (Fsp3) is 0.375. The van der Waals surface area contributed by atoms with Crippen LogP contribution in [0.2, 0.25) is 0 Å². The van der Waals surface area contributed by atoms with Gasteiger partial charge in [-0.15, -0.1) is 11.8 Å². The summed E-state index contributed by atoms with van der Waals surface area (Å²) >= 11 is 4.92. The molecule has 3 heterocycles. The molecule has 1 fully saturated rings. The number of rotatable bonds is 7. The molecular weight excluding hydrogens is 538 g/mol. The van der Waals surface area contributed by atoms with Crippen molar-refractivity contribution in [1.82, 2.24) is 14.5 Å². The molecule has 1 aromatic carbocycles. The second-order valence-electron chi connectivity index (χ2n) is 7.88. The van der Waals surface area contributed by atoms with E-state index in [1.54, 1.807) is 19.2 Å². The Morgan fingerprint density at radius 3 is 2.74 bits per heavy atom. The Balaban J connectivity index is 1.84. The van der Waals surface area contributed by atoms with Crippen molar-refractivity contribution in [2.45, 2.75) is 24.2 Å². The normalized spacial score (nSPS) is 14.3. The van der Waals surface area contributed by atoms with Crippen LogP contribution in [0.25, 0.3) is 10.9 Å². The zero-order chi connectivity index (χ0) is 24.9. The number of carbonyl (C=O) groups excluding carboxylic acids is 2. The largest absolute Gasteiger partial charge is 0.516 e. The number of phenols is 1. The van der Waals surface area contributed by atoms with Crippen molar-refractivity contribution in [3.63, 3.8) is 0 Å². The Hall–Kier alpha value is -2.60. The van der Waals surface area contributed by atoms with Crippen LogP contribution in [0.15, 0.2) is 40.0 Å². The van der Waals surface area contributed by atoms with Crippen LogP contribution in [0.5, 0.6) is 5.75 Å². The lowest BCUT2D eigenvalue weighted by Gasteiger charge is -2.27. The lowest BCUT2D eigenvalue weighted by atomic mass is 10.0. The summed E-state index contributed by atoms with van der Waals surface area (Å²) in [6.07, 6.45) is 0.643. The van der Waals surface area contributed by atoms with Crippen LogP contribution in [0.1, 0.15) is 28.5 Å². The van der Waals surface area contributed by atoms with Gasteiger partial charge in [0.05, 0.1) is 40.4 Å². The van der Waals surface area contributed by atoms with E-state index in [2.05, 4.69) is 25.8 Å². The van der Waals surface area contributed by atoms with E-state index in [1.807, 2.05) is 29.8 Å². The molecule has 1 aliphatic heterocycles. The molecule has 11 heteroatoms. The summed E-state index contributed by atoms with van der Waals surface area (Å²) in [6.45, 7) is 4.71. The van der Waals surface area contributed by atoms with Gasteiger partial charge in [-0.2, -0.15) is 0 Å². The summed E-state index contributed by atoms with van der Waals surface area (Å²) < 4.78 is 17.7. The number of carbonyl (C=O) groups is 2. The van der Waals surface area contributed by atoms with E-state index in [0.29, 0.717) is 59.7 Å². The fourth-order valence-corrected chi connectivity index (χ4v) is 5.44. The summed E-state index contributed by atoms with van der Waals surface area (Å²) in [5, 5.41) is 12.4. The Labute approximate surface area is 215 Å². The van der Waals surface area contributed by atoms with E-state index < -0.39 is 12.1 Å². The Morgan fingerprint density at radius 1 is 1.29 bits per heavy atom. The third-order valence-electron chi connectivity index (χ3n) is 5.76. The minimum absolute atomic E-state index is 0.0451. The molecule has 186 valence electrons. The Morgan fingerprint density at radius 2 is 2.06 bits per heavy atom. The van der Waals surface area contributed by atoms with Gasteiger partial charge in [-0.05, 0) is 41.1 Å². The first-order valence-corrected chi connectivity index (χ1v) is 12.9. The van der Waals surface area contributed by atoms with Crippen LogP contribution in [-0.4, -0.2) is 64.6 Å². The molecule has 1 N–H and O–H groups in total. The predicted octanol–water partition coefficient (Wildman–Crippen LogP) is 4.48. The number of aryl methyl sites for hydroxylation is 1. The summed E-state index contributed by atoms with van der Waals surface area (Å²) in [5.41, 5.74) is 2.18. The number of ether oxygens (including phenoxy) is 3. The third-order valence-corrected chi connectivity index (χ3v) is 7.32. The highest BCUT2D eigenvalue weighted by molar-refractivity contribution is 9.10. The maximum atomic E-state index is 13.3. The number of aromatic hydroxyl groups is 1. The molecule has 0 spiro atoms. The van der Waals surface area contributed by atoms with Gasteiger partial charge in [-0.1, -0.05) is 6.07 Å². The second kappa shape index (κ2) is 11.4. The molecule has 1 aliphatic rings. The molecule has 9 nitrogen and oxygen atoms in total. The van der Waals surface area contributed by atoms with E-state index >= 15 is 0 Å². The number of phenolic OH excluding ortho intramolecular Hbond substituents is 1. The second-order valence-corrected chi connectivity index (χ2v) is 9.73. The average Bonchev–Trinajstić information content (AvgIpc) is 3.13. The van der Waals surface area contributed by atoms with Crippen molar-refractivity contribution in [3.8, 4) is 5.75 Å². The van der Waals surface area contributed by atoms with Crippen molar-refractivity contribution < 1.29 is 28.9 Å². The molecule has 3 aromatic rings. The lowest BCUT2D eigenvalue weighted by molar-refractivity contribution is 0.0339. The fourth-order valence-electron chi connectivity index (χ4n) is 4.05.